The van der Waals surface area contributed by atoms with Crippen molar-refractivity contribution in [1.82, 2.24) is 5.32 Å². The summed E-state index contributed by atoms with van der Waals surface area (Å²) < 4.78 is 5.80. The van der Waals surface area contributed by atoms with Gasteiger partial charge in [0.2, 0.25) is 0 Å². The summed E-state index contributed by atoms with van der Waals surface area (Å²) in [5.74, 6) is 0.851. The second-order valence-electron chi connectivity index (χ2n) is 5.22. The van der Waals surface area contributed by atoms with Gasteiger partial charge in [0.05, 0.1) is 10.0 Å². The first-order valence-corrected chi connectivity index (χ1v) is 7.69. The third-order valence-corrected chi connectivity index (χ3v) is 3.74. The van der Waals surface area contributed by atoms with Crippen molar-refractivity contribution in [2.24, 2.45) is 0 Å². The van der Waals surface area contributed by atoms with E-state index in [1.165, 1.54) is 5.56 Å². The fraction of sp³-hybridized carbons (Fsp3) is 0.294. The molecule has 0 fully saturated rings. The summed E-state index contributed by atoms with van der Waals surface area (Å²) in [5.41, 5.74) is 2.20. The van der Waals surface area contributed by atoms with Gasteiger partial charge in [-0.3, -0.25) is 0 Å². The SMILES string of the molecule is CC(C)NCc1cccc(OCc2ccc(Cl)c(Cl)c2)c1. The molecule has 0 aliphatic heterocycles. The minimum atomic E-state index is 0.464. The average molecular weight is 324 g/mol. The van der Waals surface area contributed by atoms with Gasteiger partial charge in [0.15, 0.2) is 0 Å². The lowest BCUT2D eigenvalue weighted by Crippen LogP contribution is -2.21. The summed E-state index contributed by atoms with van der Waals surface area (Å²) in [6, 6.07) is 14.1. The van der Waals surface area contributed by atoms with Gasteiger partial charge in [0.1, 0.15) is 12.4 Å². The Kier molecular flexibility index (Phi) is 5.92. The van der Waals surface area contributed by atoms with Gasteiger partial charge in [-0.05, 0) is 35.4 Å². The Bertz CT molecular complexity index is 599. The van der Waals surface area contributed by atoms with Gasteiger partial charge < -0.3 is 10.1 Å². The molecule has 0 radical (unpaired) electrons. The zero-order chi connectivity index (χ0) is 15.2. The lowest BCUT2D eigenvalue weighted by Gasteiger charge is -2.11. The number of hydrogen-bond acceptors (Lipinski definition) is 2. The number of rotatable bonds is 6. The highest BCUT2D eigenvalue weighted by Crippen LogP contribution is 2.23. The molecular formula is C17H19Cl2NO. The largest absolute Gasteiger partial charge is 0.489 e. The van der Waals surface area contributed by atoms with Gasteiger partial charge in [-0.2, -0.15) is 0 Å². The van der Waals surface area contributed by atoms with Crippen molar-refractivity contribution in [3.05, 3.63) is 63.6 Å². The van der Waals surface area contributed by atoms with Gasteiger partial charge in [0.25, 0.3) is 0 Å². The highest BCUT2D eigenvalue weighted by molar-refractivity contribution is 6.42. The number of nitrogens with one attached hydrogen (secondary N) is 1. The van der Waals surface area contributed by atoms with E-state index >= 15 is 0 Å². The van der Waals surface area contributed by atoms with Gasteiger partial charge in [-0.1, -0.05) is 55.2 Å². The van der Waals surface area contributed by atoms with Crippen molar-refractivity contribution in [1.29, 1.82) is 0 Å². The molecule has 0 saturated carbocycles. The molecule has 1 N–H and O–H groups in total. The van der Waals surface area contributed by atoms with E-state index < -0.39 is 0 Å². The van der Waals surface area contributed by atoms with Crippen LogP contribution in [0.15, 0.2) is 42.5 Å². The van der Waals surface area contributed by atoms with E-state index in [0.29, 0.717) is 22.7 Å². The zero-order valence-corrected chi connectivity index (χ0v) is 13.7. The summed E-state index contributed by atoms with van der Waals surface area (Å²) in [7, 11) is 0. The molecule has 0 spiro atoms. The molecule has 0 aliphatic rings. The lowest BCUT2D eigenvalue weighted by molar-refractivity contribution is 0.306. The van der Waals surface area contributed by atoms with Crippen LogP contribution in [0.25, 0.3) is 0 Å². The molecule has 2 aromatic carbocycles. The molecule has 2 nitrogen and oxygen atoms in total. The minimum Gasteiger partial charge on any atom is -0.489 e. The first kappa shape index (κ1) is 16.2. The third kappa shape index (κ3) is 5.24. The van der Waals surface area contributed by atoms with Crippen LogP contribution in [0.3, 0.4) is 0 Å². The Hall–Kier alpha value is -1.22. The first-order chi connectivity index (χ1) is 10.0. The van der Waals surface area contributed by atoms with Crippen molar-refractivity contribution in [3.8, 4) is 5.75 Å². The van der Waals surface area contributed by atoms with Crippen molar-refractivity contribution >= 4 is 23.2 Å². The maximum Gasteiger partial charge on any atom is 0.120 e. The Morgan fingerprint density at radius 3 is 2.52 bits per heavy atom. The monoisotopic (exact) mass is 323 g/mol. The van der Waals surface area contributed by atoms with Crippen LogP contribution in [-0.2, 0) is 13.2 Å². The maximum absolute atomic E-state index is 6.00. The van der Waals surface area contributed by atoms with E-state index in [2.05, 4.69) is 25.2 Å². The Labute approximate surface area is 136 Å². The average Bonchev–Trinajstić information content (AvgIpc) is 2.47. The molecule has 0 aliphatic carbocycles. The highest BCUT2D eigenvalue weighted by Gasteiger charge is 2.02. The molecule has 0 atom stereocenters. The van der Waals surface area contributed by atoms with Crippen LogP contribution in [0.4, 0.5) is 0 Å². The predicted octanol–water partition coefficient (Wildman–Crippen LogP) is 5.07. The van der Waals surface area contributed by atoms with Gasteiger partial charge in [-0.25, -0.2) is 0 Å². The zero-order valence-electron chi connectivity index (χ0n) is 12.2. The topological polar surface area (TPSA) is 21.3 Å². The van der Waals surface area contributed by atoms with Crippen molar-refractivity contribution < 1.29 is 4.74 Å². The molecule has 0 amide bonds. The van der Waals surface area contributed by atoms with Crippen molar-refractivity contribution in [2.45, 2.75) is 33.0 Å². The number of benzene rings is 2. The van der Waals surface area contributed by atoms with E-state index in [1.807, 2.05) is 30.3 Å². The molecule has 4 heteroatoms. The Balaban J connectivity index is 1.96. The van der Waals surface area contributed by atoms with Gasteiger partial charge >= 0.3 is 0 Å². The first-order valence-electron chi connectivity index (χ1n) is 6.93. The molecule has 112 valence electrons. The molecular weight excluding hydrogens is 305 g/mol. The maximum atomic E-state index is 6.00. The second kappa shape index (κ2) is 7.69. The van der Waals surface area contributed by atoms with Crippen LogP contribution >= 0.6 is 23.2 Å². The number of ether oxygens (including phenoxy) is 1. The molecule has 0 unspecified atom stereocenters. The molecule has 2 rings (SSSR count). The highest BCUT2D eigenvalue weighted by atomic mass is 35.5. The fourth-order valence-corrected chi connectivity index (χ4v) is 2.18. The normalized spacial score (nSPS) is 10.9. The lowest BCUT2D eigenvalue weighted by atomic mass is 10.2. The smallest absolute Gasteiger partial charge is 0.120 e. The summed E-state index contributed by atoms with van der Waals surface area (Å²) in [6.07, 6.45) is 0. The van der Waals surface area contributed by atoms with E-state index in [4.69, 9.17) is 27.9 Å². The molecule has 0 bridgehead atoms. The van der Waals surface area contributed by atoms with E-state index in [0.717, 1.165) is 17.9 Å². The standard InChI is InChI=1S/C17H19Cl2NO/c1-12(2)20-10-13-4-3-5-15(8-13)21-11-14-6-7-16(18)17(19)9-14/h3-9,12,20H,10-11H2,1-2H3. The summed E-state index contributed by atoms with van der Waals surface area (Å²) in [4.78, 5) is 0. The molecule has 21 heavy (non-hydrogen) atoms. The Morgan fingerprint density at radius 1 is 1.00 bits per heavy atom. The summed E-state index contributed by atoms with van der Waals surface area (Å²) in [6.45, 7) is 5.56. The summed E-state index contributed by atoms with van der Waals surface area (Å²) >= 11 is 11.9. The van der Waals surface area contributed by atoms with Crippen molar-refractivity contribution in [3.63, 3.8) is 0 Å². The van der Waals surface area contributed by atoms with Crippen LogP contribution < -0.4 is 10.1 Å². The second-order valence-corrected chi connectivity index (χ2v) is 6.03. The van der Waals surface area contributed by atoms with Crippen LogP contribution in [-0.4, -0.2) is 6.04 Å². The van der Waals surface area contributed by atoms with Crippen molar-refractivity contribution in [2.75, 3.05) is 0 Å². The predicted molar refractivity (Wildman–Crippen MR) is 89.2 cm³/mol. The minimum absolute atomic E-state index is 0.464. The van der Waals surface area contributed by atoms with Crippen LogP contribution in [0.5, 0.6) is 5.75 Å². The number of hydrogen-bond donors (Lipinski definition) is 1. The van der Waals surface area contributed by atoms with Crippen LogP contribution in [0.2, 0.25) is 10.0 Å². The molecule has 0 saturated heterocycles. The Morgan fingerprint density at radius 2 is 1.81 bits per heavy atom. The molecule has 0 heterocycles. The van der Waals surface area contributed by atoms with E-state index in [1.54, 1.807) is 6.07 Å². The van der Waals surface area contributed by atoms with E-state index in [-0.39, 0.29) is 0 Å². The van der Waals surface area contributed by atoms with Crippen LogP contribution in [0.1, 0.15) is 25.0 Å². The van der Waals surface area contributed by atoms with E-state index in [9.17, 15) is 0 Å². The molecule has 0 aromatic heterocycles. The van der Waals surface area contributed by atoms with Crippen LogP contribution in [0, 0.1) is 0 Å². The number of halogens is 2. The van der Waals surface area contributed by atoms with Gasteiger partial charge in [0, 0.05) is 12.6 Å². The fourth-order valence-electron chi connectivity index (χ4n) is 1.86. The molecule has 2 aromatic rings. The summed E-state index contributed by atoms with van der Waals surface area (Å²) in [5, 5.41) is 4.50. The van der Waals surface area contributed by atoms with Gasteiger partial charge in [-0.15, -0.1) is 0 Å². The third-order valence-electron chi connectivity index (χ3n) is 3.00. The quantitative estimate of drug-likeness (QED) is 0.801.